The SMILES string of the molecule is CC1CC(=O)N(CC(=O)c2cc(Cl)sc2Cl)C1. The van der Waals surface area contributed by atoms with Crippen LogP contribution in [-0.4, -0.2) is 29.7 Å². The molecule has 1 aliphatic heterocycles. The second-order valence-corrected chi connectivity index (χ2v) is 6.53. The predicted molar refractivity (Wildman–Crippen MR) is 69.0 cm³/mol. The molecular formula is C11H11Cl2NO2S. The second-order valence-electron chi connectivity index (χ2n) is 4.24. The van der Waals surface area contributed by atoms with E-state index < -0.39 is 0 Å². The van der Waals surface area contributed by atoms with E-state index in [0.29, 0.717) is 33.1 Å². The molecule has 92 valence electrons. The summed E-state index contributed by atoms with van der Waals surface area (Å²) in [5.41, 5.74) is 0.411. The molecule has 1 fully saturated rings. The van der Waals surface area contributed by atoms with Crippen molar-refractivity contribution in [3.63, 3.8) is 0 Å². The first-order valence-electron chi connectivity index (χ1n) is 5.23. The lowest BCUT2D eigenvalue weighted by Gasteiger charge is -2.14. The quantitative estimate of drug-likeness (QED) is 0.803. The maximum absolute atomic E-state index is 12.0. The van der Waals surface area contributed by atoms with Crippen LogP contribution >= 0.6 is 34.5 Å². The van der Waals surface area contributed by atoms with E-state index in [4.69, 9.17) is 23.2 Å². The third kappa shape index (κ3) is 2.81. The molecule has 0 N–H and O–H groups in total. The number of ketones is 1. The molecule has 1 unspecified atom stereocenters. The summed E-state index contributed by atoms with van der Waals surface area (Å²) < 4.78 is 0.874. The highest BCUT2D eigenvalue weighted by Crippen LogP contribution is 2.31. The maximum atomic E-state index is 12.0. The number of likely N-dealkylation sites (tertiary alicyclic amines) is 1. The van der Waals surface area contributed by atoms with Crippen molar-refractivity contribution in [1.82, 2.24) is 4.90 Å². The van der Waals surface area contributed by atoms with Gasteiger partial charge in [0.1, 0.15) is 4.34 Å². The first-order valence-corrected chi connectivity index (χ1v) is 6.80. The molecule has 0 saturated carbocycles. The number of rotatable bonds is 3. The van der Waals surface area contributed by atoms with Crippen LogP contribution in [-0.2, 0) is 4.79 Å². The van der Waals surface area contributed by atoms with Crippen molar-refractivity contribution in [1.29, 1.82) is 0 Å². The van der Waals surface area contributed by atoms with Crippen LogP contribution in [0, 0.1) is 5.92 Å². The third-order valence-corrected chi connectivity index (χ3v) is 4.19. The van der Waals surface area contributed by atoms with Crippen molar-refractivity contribution < 1.29 is 9.59 Å². The summed E-state index contributed by atoms with van der Waals surface area (Å²) in [7, 11) is 0. The van der Waals surface area contributed by atoms with Gasteiger partial charge in [-0.1, -0.05) is 30.1 Å². The van der Waals surface area contributed by atoms with Crippen LogP contribution in [0.15, 0.2) is 6.07 Å². The second kappa shape index (κ2) is 4.96. The number of halogens is 2. The van der Waals surface area contributed by atoms with Crippen molar-refractivity contribution in [3.8, 4) is 0 Å². The number of carbonyl (C=O) groups is 2. The molecule has 1 aromatic heterocycles. The standard InChI is InChI=1S/C11H11Cl2NO2S/c1-6-2-10(16)14(4-6)5-8(15)7-3-9(12)17-11(7)13/h3,6H,2,4-5H2,1H3. The van der Waals surface area contributed by atoms with Crippen molar-refractivity contribution in [2.75, 3.05) is 13.1 Å². The Bertz CT molecular complexity index is 472. The molecule has 6 heteroatoms. The van der Waals surface area contributed by atoms with Gasteiger partial charge in [0, 0.05) is 13.0 Å². The molecule has 17 heavy (non-hydrogen) atoms. The zero-order chi connectivity index (χ0) is 12.6. The number of Topliss-reactive ketones (excluding diaryl/α,β-unsaturated/α-hetero) is 1. The number of carbonyl (C=O) groups excluding carboxylic acids is 2. The van der Waals surface area contributed by atoms with Gasteiger partial charge in [0.05, 0.1) is 16.4 Å². The average molecular weight is 292 g/mol. The molecule has 0 radical (unpaired) electrons. The largest absolute Gasteiger partial charge is 0.335 e. The minimum absolute atomic E-state index is 0.0308. The van der Waals surface area contributed by atoms with Gasteiger partial charge in [0.2, 0.25) is 5.91 Å². The van der Waals surface area contributed by atoms with Gasteiger partial charge in [-0.15, -0.1) is 11.3 Å². The van der Waals surface area contributed by atoms with Gasteiger partial charge in [0.25, 0.3) is 0 Å². The smallest absolute Gasteiger partial charge is 0.223 e. The molecule has 0 spiro atoms. The van der Waals surface area contributed by atoms with Crippen LogP contribution in [0.4, 0.5) is 0 Å². The van der Waals surface area contributed by atoms with Gasteiger partial charge in [-0.3, -0.25) is 9.59 Å². The number of amides is 1. The Morgan fingerprint density at radius 3 is 2.76 bits per heavy atom. The van der Waals surface area contributed by atoms with E-state index in [0.717, 1.165) is 11.3 Å². The fourth-order valence-electron chi connectivity index (χ4n) is 1.91. The fourth-order valence-corrected chi connectivity index (χ4v) is 3.41. The van der Waals surface area contributed by atoms with Gasteiger partial charge < -0.3 is 4.90 Å². The first-order chi connectivity index (χ1) is 7.97. The van der Waals surface area contributed by atoms with Crippen molar-refractivity contribution in [3.05, 3.63) is 20.3 Å². The van der Waals surface area contributed by atoms with E-state index in [1.54, 1.807) is 11.0 Å². The van der Waals surface area contributed by atoms with Gasteiger partial charge in [-0.05, 0) is 12.0 Å². The van der Waals surface area contributed by atoms with Gasteiger partial charge in [-0.2, -0.15) is 0 Å². The van der Waals surface area contributed by atoms with Gasteiger partial charge in [0.15, 0.2) is 5.78 Å². The van der Waals surface area contributed by atoms with E-state index in [9.17, 15) is 9.59 Å². The fraction of sp³-hybridized carbons (Fsp3) is 0.455. The highest BCUT2D eigenvalue weighted by molar-refractivity contribution is 7.20. The summed E-state index contributed by atoms with van der Waals surface area (Å²) in [5, 5.41) is 0. The van der Waals surface area contributed by atoms with Crippen molar-refractivity contribution >= 4 is 46.2 Å². The summed E-state index contributed by atoms with van der Waals surface area (Å²) >= 11 is 12.8. The molecule has 2 heterocycles. The Morgan fingerprint density at radius 1 is 1.59 bits per heavy atom. The molecule has 1 aromatic rings. The molecule has 1 amide bonds. The molecule has 3 nitrogen and oxygen atoms in total. The Kier molecular flexibility index (Phi) is 3.76. The molecule has 1 atom stereocenters. The molecule has 1 aliphatic rings. The van der Waals surface area contributed by atoms with E-state index >= 15 is 0 Å². The molecule has 0 bridgehead atoms. The lowest BCUT2D eigenvalue weighted by Crippen LogP contribution is -2.31. The number of hydrogen-bond donors (Lipinski definition) is 0. The summed E-state index contributed by atoms with van der Waals surface area (Å²) in [6.07, 6.45) is 0.519. The zero-order valence-corrected chi connectivity index (χ0v) is 11.5. The first kappa shape index (κ1) is 12.9. The van der Waals surface area contributed by atoms with Crippen LogP contribution in [0.5, 0.6) is 0 Å². The molecule has 2 rings (SSSR count). The van der Waals surface area contributed by atoms with Gasteiger partial charge in [-0.25, -0.2) is 0 Å². The monoisotopic (exact) mass is 291 g/mol. The van der Waals surface area contributed by atoms with E-state index in [1.165, 1.54) is 0 Å². The normalized spacial score (nSPS) is 20.1. The van der Waals surface area contributed by atoms with Gasteiger partial charge >= 0.3 is 0 Å². The summed E-state index contributed by atoms with van der Waals surface area (Å²) in [4.78, 5) is 25.1. The Labute approximate surface area is 113 Å². The maximum Gasteiger partial charge on any atom is 0.223 e. The molecule has 1 saturated heterocycles. The van der Waals surface area contributed by atoms with Crippen molar-refractivity contribution in [2.45, 2.75) is 13.3 Å². The Morgan fingerprint density at radius 2 is 2.29 bits per heavy atom. The lowest BCUT2D eigenvalue weighted by atomic mass is 10.2. The number of thiophene rings is 1. The Hall–Kier alpha value is -0.580. The predicted octanol–water partition coefficient (Wildman–Crippen LogP) is 3.11. The third-order valence-electron chi connectivity index (χ3n) is 2.70. The van der Waals surface area contributed by atoms with Crippen LogP contribution in [0.25, 0.3) is 0 Å². The zero-order valence-electron chi connectivity index (χ0n) is 9.20. The lowest BCUT2D eigenvalue weighted by molar-refractivity contribution is -0.127. The highest BCUT2D eigenvalue weighted by atomic mass is 35.5. The van der Waals surface area contributed by atoms with Crippen LogP contribution in [0.1, 0.15) is 23.7 Å². The van der Waals surface area contributed by atoms with E-state index in [2.05, 4.69) is 0 Å². The van der Waals surface area contributed by atoms with E-state index in [1.807, 2.05) is 6.92 Å². The van der Waals surface area contributed by atoms with E-state index in [-0.39, 0.29) is 18.2 Å². The van der Waals surface area contributed by atoms with Crippen LogP contribution in [0.3, 0.4) is 0 Å². The van der Waals surface area contributed by atoms with Crippen LogP contribution < -0.4 is 0 Å². The highest BCUT2D eigenvalue weighted by Gasteiger charge is 2.28. The number of hydrogen-bond acceptors (Lipinski definition) is 3. The van der Waals surface area contributed by atoms with Crippen LogP contribution in [0.2, 0.25) is 8.67 Å². The topological polar surface area (TPSA) is 37.4 Å². The molecular weight excluding hydrogens is 281 g/mol. The summed E-state index contributed by atoms with van der Waals surface area (Å²) in [5.74, 6) is 0.195. The molecule has 0 aliphatic carbocycles. The minimum Gasteiger partial charge on any atom is -0.335 e. The van der Waals surface area contributed by atoms with Crippen molar-refractivity contribution in [2.24, 2.45) is 5.92 Å². The molecule has 0 aromatic carbocycles. The Balaban J connectivity index is 2.07. The number of nitrogens with zero attached hydrogens (tertiary/aromatic N) is 1. The summed E-state index contributed by atoms with van der Waals surface area (Å²) in [6.45, 7) is 2.73. The average Bonchev–Trinajstić information content (AvgIpc) is 2.70. The summed E-state index contributed by atoms with van der Waals surface area (Å²) in [6, 6.07) is 1.56. The minimum atomic E-state index is -0.152.